The van der Waals surface area contributed by atoms with E-state index < -0.39 is 5.91 Å². The van der Waals surface area contributed by atoms with Crippen molar-refractivity contribution in [2.75, 3.05) is 18.5 Å². The average Bonchev–Trinajstić information content (AvgIpc) is 3.35. The topological polar surface area (TPSA) is 124 Å². The van der Waals surface area contributed by atoms with Crippen LogP contribution in [-0.4, -0.2) is 44.8 Å². The van der Waals surface area contributed by atoms with Crippen LogP contribution < -0.4 is 5.32 Å². The highest BCUT2D eigenvalue weighted by Gasteiger charge is 2.35. The predicted molar refractivity (Wildman–Crippen MR) is 143 cm³/mol. The van der Waals surface area contributed by atoms with Crippen LogP contribution in [0, 0.1) is 22.2 Å². The molecular formula is C29H39N5O3. The number of carbonyl (C=O) groups is 1. The van der Waals surface area contributed by atoms with Crippen LogP contribution in [0.1, 0.15) is 107 Å². The van der Waals surface area contributed by atoms with E-state index in [1.165, 1.54) is 6.20 Å². The molecule has 2 aromatic rings. The number of aromatic nitrogens is 3. The van der Waals surface area contributed by atoms with Crippen molar-refractivity contribution in [3.8, 4) is 6.07 Å². The second-order valence-corrected chi connectivity index (χ2v) is 12.4. The van der Waals surface area contributed by atoms with E-state index in [-0.39, 0.29) is 40.5 Å². The van der Waals surface area contributed by atoms with E-state index >= 15 is 0 Å². The molecule has 0 bridgehead atoms. The third-order valence-electron chi connectivity index (χ3n) is 7.79. The summed E-state index contributed by atoms with van der Waals surface area (Å²) in [6, 6.07) is 5.86. The first-order valence-electron chi connectivity index (χ1n) is 13.1. The molecule has 0 saturated carbocycles. The number of allylic oxidation sites excluding steroid dienone is 2. The van der Waals surface area contributed by atoms with Crippen molar-refractivity contribution in [2.24, 2.45) is 10.8 Å². The highest BCUT2D eigenvalue weighted by Crippen LogP contribution is 2.42. The molecule has 198 valence electrons. The molecule has 2 aliphatic rings. The molecule has 3 N–H and O–H groups in total. The number of amides is 1. The van der Waals surface area contributed by atoms with Gasteiger partial charge < -0.3 is 20.1 Å². The fourth-order valence-electron chi connectivity index (χ4n) is 5.11. The maximum atomic E-state index is 12.9. The smallest absolute Gasteiger partial charge is 0.291 e. The summed E-state index contributed by atoms with van der Waals surface area (Å²) in [5.41, 5.74) is 3.31. The summed E-state index contributed by atoms with van der Waals surface area (Å²) in [6.45, 7) is 11.4. The number of nitrogens with zero attached hydrogens (tertiary/aromatic N) is 3. The minimum atomic E-state index is -0.409. The molecule has 0 spiro atoms. The standard InChI is InChI=1S/C29H39N5O3/c1-27(2)11-8-19(9-12-27)24-23(34-26(36)25-31-16-21(15-30)32-25)7-6-22(33-24)20-10-13-29(5,17-35)18-37-28(3,4)14-20/h6-8,16,20,35H,9-14,17-18H2,1-5H3,(H,31,32)(H,34,36)/t20-,29+/m0/s1. The van der Waals surface area contributed by atoms with Gasteiger partial charge in [-0.1, -0.05) is 26.8 Å². The van der Waals surface area contributed by atoms with Gasteiger partial charge in [-0.2, -0.15) is 5.26 Å². The number of ether oxygens (including phenoxy) is 1. The molecule has 4 rings (SSSR count). The van der Waals surface area contributed by atoms with Crippen LogP contribution in [0.25, 0.3) is 5.57 Å². The molecule has 1 amide bonds. The molecule has 1 saturated heterocycles. The van der Waals surface area contributed by atoms with E-state index in [9.17, 15) is 9.90 Å². The predicted octanol–water partition coefficient (Wildman–Crippen LogP) is 5.58. The van der Waals surface area contributed by atoms with Crippen molar-refractivity contribution in [1.82, 2.24) is 15.0 Å². The van der Waals surface area contributed by atoms with Gasteiger partial charge in [0.2, 0.25) is 0 Å². The Hall–Kier alpha value is -3.02. The summed E-state index contributed by atoms with van der Waals surface area (Å²) in [4.78, 5) is 24.9. The van der Waals surface area contributed by atoms with Crippen LogP contribution in [0.3, 0.4) is 0 Å². The number of carbonyl (C=O) groups excluding carboxylic acids is 1. The van der Waals surface area contributed by atoms with Crippen LogP contribution in [0.5, 0.6) is 0 Å². The maximum Gasteiger partial charge on any atom is 0.291 e. The molecular weight excluding hydrogens is 466 g/mol. The SMILES string of the molecule is CC1(C)CC=C(c2nc([C@H]3CC[C@](C)(CO)COC(C)(C)C3)ccc2NC(=O)c2nc(C#N)c[nH]2)CC1. The lowest BCUT2D eigenvalue weighted by Crippen LogP contribution is -2.38. The second-order valence-electron chi connectivity index (χ2n) is 12.4. The molecule has 2 atom stereocenters. The van der Waals surface area contributed by atoms with E-state index in [4.69, 9.17) is 15.0 Å². The van der Waals surface area contributed by atoms with Crippen LogP contribution in [-0.2, 0) is 4.74 Å². The molecule has 8 nitrogen and oxygen atoms in total. The Kier molecular flexibility index (Phi) is 7.59. The molecule has 1 fully saturated rings. The number of aliphatic hydroxyl groups is 1. The number of rotatable bonds is 5. The first-order chi connectivity index (χ1) is 17.4. The minimum Gasteiger partial charge on any atom is -0.396 e. The summed E-state index contributed by atoms with van der Waals surface area (Å²) in [6.07, 6.45) is 9.11. The Morgan fingerprint density at radius 3 is 2.68 bits per heavy atom. The first kappa shape index (κ1) is 27.0. The summed E-state index contributed by atoms with van der Waals surface area (Å²) in [5, 5.41) is 22.0. The van der Waals surface area contributed by atoms with Gasteiger partial charge in [-0.3, -0.25) is 9.78 Å². The monoisotopic (exact) mass is 505 g/mol. The first-order valence-corrected chi connectivity index (χ1v) is 13.1. The number of aromatic amines is 1. The third kappa shape index (κ3) is 6.46. The van der Waals surface area contributed by atoms with E-state index in [0.29, 0.717) is 12.3 Å². The van der Waals surface area contributed by atoms with Crippen molar-refractivity contribution in [1.29, 1.82) is 5.26 Å². The fourth-order valence-corrected chi connectivity index (χ4v) is 5.11. The number of pyridine rings is 1. The Balaban J connectivity index is 1.69. The molecule has 37 heavy (non-hydrogen) atoms. The highest BCUT2D eigenvalue weighted by atomic mass is 16.5. The fraction of sp³-hybridized carbons (Fsp3) is 0.586. The molecule has 3 heterocycles. The minimum absolute atomic E-state index is 0.0857. The maximum absolute atomic E-state index is 12.9. The number of H-pyrrole nitrogens is 1. The number of hydrogen-bond acceptors (Lipinski definition) is 6. The van der Waals surface area contributed by atoms with Crippen molar-refractivity contribution in [3.05, 3.63) is 47.3 Å². The number of nitrogens with one attached hydrogen (secondary N) is 2. The number of nitriles is 1. The number of anilines is 1. The quantitative estimate of drug-likeness (QED) is 0.487. The zero-order valence-electron chi connectivity index (χ0n) is 22.6. The second kappa shape index (κ2) is 10.4. The van der Waals surface area contributed by atoms with Crippen molar-refractivity contribution >= 4 is 17.2 Å². The van der Waals surface area contributed by atoms with E-state index in [1.54, 1.807) is 0 Å². The van der Waals surface area contributed by atoms with Gasteiger partial charge in [0.15, 0.2) is 11.5 Å². The summed E-state index contributed by atoms with van der Waals surface area (Å²) in [7, 11) is 0. The molecule has 8 heteroatoms. The third-order valence-corrected chi connectivity index (χ3v) is 7.79. The van der Waals surface area contributed by atoms with Gasteiger partial charge in [-0.25, -0.2) is 4.98 Å². The molecule has 0 aromatic carbocycles. The van der Waals surface area contributed by atoms with Gasteiger partial charge in [0.05, 0.1) is 30.2 Å². The van der Waals surface area contributed by atoms with Gasteiger partial charge in [-0.05, 0) is 75.5 Å². The average molecular weight is 506 g/mol. The summed E-state index contributed by atoms with van der Waals surface area (Å²) in [5.74, 6) is -0.158. The molecule has 0 radical (unpaired) electrons. The van der Waals surface area contributed by atoms with Crippen LogP contribution in [0.2, 0.25) is 0 Å². The largest absolute Gasteiger partial charge is 0.396 e. The van der Waals surface area contributed by atoms with E-state index in [1.807, 2.05) is 18.2 Å². The number of imidazole rings is 1. The number of hydrogen-bond donors (Lipinski definition) is 3. The van der Waals surface area contributed by atoms with Gasteiger partial charge in [0, 0.05) is 23.2 Å². The Labute approximate surface area is 219 Å². The Bertz CT molecular complexity index is 1220. The van der Waals surface area contributed by atoms with Crippen LogP contribution in [0.4, 0.5) is 5.69 Å². The van der Waals surface area contributed by atoms with Gasteiger partial charge >= 0.3 is 0 Å². The molecule has 1 aliphatic heterocycles. The molecule has 2 aromatic heterocycles. The zero-order chi connectivity index (χ0) is 26.8. The van der Waals surface area contributed by atoms with Gasteiger partial charge in [0.1, 0.15) is 6.07 Å². The van der Waals surface area contributed by atoms with Gasteiger partial charge in [0.25, 0.3) is 5.91 Å². The van der Waals surface area contributed by atoms with Crippen molar-refractivity contribution < 1.29 is 14.6 Å². The zero-order valence-corrected chi connectivity index (χ0v) is 22.6. The Morgan fingerprint density at radius 2 is 2.03 bits per heavy atom. The summed E-state index contributed by atoms with van der Waals surface area (Å²) >= 11 is 0. The summed E-state index contributed by atoms with van der Waals surface area (Å²) < 4.78 is 6.25. The molecule has 1 aliphatic carbocycles. The van der Waals surface area contributed by atoms with Gasteiger partial charge in [-0.15, -0.1) is 0 Å². The lowest BCUT2D eigenvalue weighted by molar-refractivity contribution is -0.0931. The van der Waals surface area contributed by atoms with Crippen molar-refractivity contribution in [2.45, 2.75) is 84.7 Å². The molecule has 0 unspecified atom stereocenters. The highest BCUT2D eigenvalue weighted by molar-refractivity contribution is 6.03. The lowest BCUT2D eigenvalue weighted by Gasteiger charge is -2.39. The van der Waals surface area contributed by atoms with E-state index in [0.717, 1.165) is 55.5 Å². The van der Waals surface area contributed by atoms with Crippen LogP contribution in [0.15, 0.2) is 24.4 Å². The lowest BCUT2D eigenvalue weighted by atomic mass is 9.77. The van der Waals surface area contributed by atoms with Crippen LogP contribution >= 0.6 is 0 Å². The number of aliphatic hydroxyl groups excluding tert-OH is 1. The van der Waals surface area contributed by atoms with E-state index in [2.05, 4.69) is 56.0 Å². The van der Waals surface area contributed by atoms with Crippen molar-refractivity contribution in [3.63, 3.8) is 0 Å². The normalized spacial score (nSPS) is 25.3. The Morgan fingerprint density at radius 1 is 1.24 bits per heavy atom.